The highest BCUT2D eigenvalue weighted by atomic mass is 16.2. The van der Waals surface area contributed by atoms with E-state index in [4.69, 9.17) is 0 Å². The predicted molar refractivity (Wildman–Crippen MR) is 216 cm³/mol. The third-order valence-electron chi connectivity index (χ3n) is 8.22. The van der Waals surface area contributed by atoms with E-state index < -0.39 is 0 Å². The standard InChI is InChI=1S/C18H32N2O2.C14H24N2O2.C9H14N2O2/c1-3-19(17-21)15-13-11-9-7-5-6-8-10-12-14-16-20(4-2)18-22;1-3-15(13-17)11-9-7-5-6-8-10-12-16(4-2)14-18;1-3-10(8-12)6-5-7-11(4-2)9-13/h3-4,17-18H,1-2,5-16H2;3-4,13-14H,1-2,5-12H2;3-4,8-9H,1-2,5-7H2. The molecule has 0 aromatic rings. The lowest BCUT2D eigenvalue weighted by atomic mass is 10.1. The van der Waals surface area contributed by atoms with Crippen molar-refractivity contribution in [1.29, 1.82) is 0 Å². The van der Waals surface area contributed by atoms with Crippen molar-refractivity contribution in [1.82, 2.24) is 29.4 Å². The quantitative estimate of drug-likeness (QED) is 0.0487. The van der Waals surface area contributed by atoms with Crippen molar-refractivity contribution in [3.05, 3.63) is 76.7 Å². The van der Waals surface area contributed by atoms with E-state index in [9.17, 15) is 28.8 Å². The molecule has 0 N–H and O–H groups in total. The van der Waals surface area contributed by atoms with E-state index in [1.54, 1.807) is 44.4 Å². The van der Waals surface area contributed by atoms with Crippen LogP contribution in [0.5, 0.6) is 0 Å². The van der Waals surface area contributed by atoms with Crippen LogP contribution in [-0.2, 0) is 28.8 Å². The van der Waals surface area contributed by atoms with Crippen molar-refractivity contribution >= 4 is 38.5 Å². The number of rotatable bonds is 38. The first-order valence-electron chi connectivity index (χ1n) is 18.9. The molecule has 0 unspecified atom stereocenters. The number of unbranched alkanes of at least 4 members (excludes halogenated alkanes) is 14. The summed E-state index contributed by atoms with van der Waals surface area (Å²) in [6.07, 6.45) is 33.3. The Hall–Kier alpha value is -4.74. The van der Waals surface area contributed by atoms with Crippen LogP contribution in [0.2, 0.25) is 0 Å². The molecule has 0 aliphatic heterocycles. The van der Waals surface area contributed by atoms with Crippen molar-refractivity contribution in [2.24, 2.45) is 0 Å². The second-order valence-corrected chi connectivity index (χ2v) is 12.2. The lowest BCUT2D eigenvalue weighted by Gasteiger charge is -2.14. The highest BCUT2D eigenvalue weighted by molar-refractivity contribution is 5.50. The Labute approximate surface area is 321 Å². The molecular formula is C41H70N6O6. The second-order valence-electron chi connectivity index (χ2n) is 12.2. The summed E-state index contributed by atoms with van der Waals surface area (Å²) in [6.45, 7) is 25.4. The molecule has 0 radical (unpaired) electrons. The fourth-order valence-corrected chi connectivity index (χ4v) is 4.86. The molecule has 0 saturated carbocycles. The van der Waals surface area contributed by atoms with Crippen LogP contribution in [0, 0.1) is 0 Å². The van der Waals surface area contributed by atoms with E-state index in [-0.39, 0.29) is 0 Å². The van der Waals surface area contributed by atoms with Crippen molar-refractivity contribution in [2.45, 2.75) is 109 Å². The summed E-state index contributed by atoms with van der Waals surface area (Å²) in [6, 6.07) is 0. The summed E-state index contributed by atoms with van der Waals surface area (Å²) in [7, 11) is 0. The van der Waals surface area contributed by atoms with E-state index in [2.05, 4.69) is 39.5 Å². The molecule has 0 bridgehead atoms. The second kappa shape index (κ2) is 43.4. The van der Waals surface area contributed by atoms with E-state index in [1.165, 1.54) is 86.4 Å². The third kappa shape index (κ3) is 36.8. The molecular weight excluding hydrogens is 672 g/mol. The van der Waals surface area contributed by atoms with Crippen LogP contribution in [-0.4, -0.2) is 107 Å². The summed E-state index contributed by atoms with van der Waals surface area (Å²) < 4.78 is 0. The van der Waals surface area contributed by atoms with Gasteiger partial charge in [-0.3, -0.25) is 28.8 Å². The lowest BCUT2D eigenvalue weighted by Crippen LogP contribution is -2.22. The molecule has 0 spiro atoms. The topological polar surface area (TPSA) is 122 Å². The van der Waals surface area contributed by atoms with Crippen LogP contribution in [0.25, 0.3) is 0 Å². The maximum absolute atomic E-state index is 10.6. The monoisotopic (exact) mass is 743 g/mol. The first-order valence-corrected chi connectivity index (χ1v) is 18.9. The summed E-state index contributed by atoms with van der Waals surface area (Å²) in [5, 5.41) is 0. The molecule has 0 fully saturated rings. The molecule has 0 saturated heterocycles. The fourth-order valence-electron chi connectivity index (χ4n) is 4.86. The van der Waals surface area contributed by atoms with E-state index in [0.29, 0.717) is 32.3 Å². The maximum atomic E-state index is 10.6. The Morgan fingerprint density at radius 2 is 0.358 bits per heavy atom. The van der Waals surface area contributed by atoms with Gasteiger partial charge in [-0.05, 0) is 69.3 Å². The van der Waals surface area contributed by atoms with Crippen molar-refractivity contribution in [2.75, 3.05) is 39.3 Å². The van der Waals surface area contributed by atoms with Gasteiger partial charge in [0, 0.05) is 39.3 Å². The Morgan fingerprint density at radius 1 is 0.226 bits per heavy atom. The van der Waals surface area contributed by atoms with Crippen LogP contribution in [0.15, 0.2) is 76.7 Å². The van der Waals surface area contributed by atoms with Crippen molar-refractivity contribution < 1.29 is 28.8 Å². The molecule has 0 atom stereocenters. The largest absolute Gasteiger partial charge is 0.322 e. The summed E-state index contributed by atoms with van der Waals surface area (Å²) in [5.41, 5.74) is 0. The summed E-state index contributed by atoms with van der Waals surface area (Å²) >= 11 is 0. The lowest BCUT2D eigenvalue weighted by molar-refractivity contribution is -0.117. The highest BCUT2D eigenvalue weighted by Crippen LogP contribution is 2.11. The fraction of sp³-hybridized carbons (Fsp3) is 0.561. The number of hydrogen-bond acceptors (Lipinski definition) is 6. The van der Waals surface area contributed by atoms with Gasteiger partial charge in [-0.2, -0.15) is 0 Å². The molecule has 0 aliphatic carbocycles. The summed E-state index contributed by atoms with van der Waals surface area (Å²) in [5.74, 6) is 0. The molecule has 6 amide bonds. The van der Waals surface area contributed by atoms with Gasteiger partial charge in [-0.15, -0.1) is 0 Å². The smallest absolute Gasteiger partial charge is 0.213 e. The Kier molecular flexibility index (Phi) is 43.1. The normalized spacial score (nSPS) is 9.51. The van der Waals surface area contributed by atoms with E-state index >= 15 is 0 Å². The van der Waals surface area contributed by atoms with Crippen molar-refractivity contribution in [3.8, 4) is 0 Å². The van der Waals surface area contributed by atoms with Gasteiger partial charge < -0.3 is 29.4 Å². The Morgan fingerprint density at radius 3 is 0.491 bits per heavy atom. The van der Waals surface area contributed by atoms with Crippen LogP contribution >= 0.6 is 0 Å². The molecule has 300 valence electrons. The molecule has 53 heavy (non-hydrogen) atoms. The minimum Gasteiger partial charge on any atom is -0.322 e. The third-order valence-corrected chi connectivity index (χ3v) is 8.22. The predicted octanol–water partition coefficient (Wildman–Crippen LogP) is 7.20. The molecule has 12 nitrogen and oxygen atoms in total. The van der Waals surface area contributed by atoms with Crippen LogP contribution in [0.4, 0.5) is 0 Å². The molecule has 12 heteroatoms. The number of nitrogens with zero attached hydrogens (tertiary/aromatic N) is 6. The number of carbonyl (C=O) groups excluding carboxylic acids is 6. The van der Waals surface area contributed by atoms with Gasteiger partial charge >= 0.3 is 0 Å². The van der Waals surface area contributed by atoms with Gasteiger partial charge in [0.25, 0.3) is 0 Å². The average molecular weight is 743 g/mol. The van der Waals surface area contributed by atoms with E-state index in [0.717, 1.165) is 90.3 Å². The number of hydrogen-bond donors (Lipinski definition) is 0. The zero-order valence-corrected chi connectivity index (χ0v) is 32.6. The zero-order valence-electron chi connectivity index (χ0n) is 32.6. The average Bonchev–Trinajstić information content (AvgIpc) is 3.20. The molecule has 0 aromatic heterocycles. The van der Waals surface area contributed by atoms with Gasteiger partial charge in [-0.25, -0.2) is 0 Å². The Bertz CT molecular complexity index is 870. The molecule has 0 rings (SSSR count). The molecule has 0 aliphatic rings. The van der Waals surface area contributed by atoms with Crippen LogP contribution < -0.4 is 0 Å². The van der Waals surface area contributed by atoms with Gasteiger partial charge in [0.2, 0.25) is 38.5 Å². The first kappa shape index (κ1) is 52.6. The Balaban J connectivity index is -0.000000732. The maximum Gasteiger partial charge on any atom is 0.213 e. The first-order chi connectivity index (χ1) is 25.8. The minimum atomic E-state index is 0.561. The van der Waals surface area contributed by atoms with Crippen molar-refractivity contribution in [3.63, 3.8) is 0 Å². The molecule has 0 aromatic carbocycles. The minimum absolute atomic E-state index is 0.561. The summed E-state index contributed by atoms with van der Waals surface area (Å²) in [4.78, 5) is 71.8. The SMILES string of the molecule is C=CN(C=O)CCCCCCCCCCCCN(C=C)C=O.C=CN(C=O)CCCCCCCCN(C=C)C=O.C=CN(C=O)CCCN(C=C)C=O. The number of amides is 6. The van der Waals surface area contributed by atoms with E-state index in [1.807, 2.05) is 0 Å². The zero-order chi connectivity index (χ0) is 40.2. The van der Waals surface area contributed by atoms with Crippen LogP contribution in [0.3, 0.4) is 0 Å². The van der Waals surface area contributed by atoms with Gasteiger partial charge in [0.05, 0.1) is 0 Å². The van der Waals surface area contributed by atoms with Crippen LogP contribution in [0.1, 0.15) is 109 Å². The van der Waals surface area contributed by atoms with Gasteiger partial charge in [0.1, 0.15) is 0 Å². The van der Waals surface area contributed by atoms with Gasteiger partial charge in [-0.1, -0.05) is 117 Å². The highest BCUT2D eigenvalue weighted by Gasteiger charge is 2.00. The van der Waals surface area contributed by atoms with Gasteiger partial charge in [0.15, 0.2) is 0 Å². The number of carbonyl (C=O) groups is 6. The molecule has 0 heterocycles.